The average molecular weight is 271 g/mol. The Bertz CT molecular complexity index is 487. The summed E-state index contributed by atoms with van der Waals surface area (Å²) in [6.45, 7) is 2.25. The van der Waals surface area contributed by atoms with Crippen LogP contribution in [0.1, 0.15) is 57.4 Å². The van der Waals surface area contributed by atoms with Crippen molar-refractivity contribution in [3.8, 4) is 0 Å². The lowest BCUT2D eigenvalue weighted by Gasteiger charge is -2.30. The van der Waals surface area contributed by atoms with Crippen LogP contribution in [0.5, 0.6) is 0 Å². The molecule has 2 N–H and O–H groups in total. The van der Waals surface area contributed by atoms with Crippen molar-refractivity contribution in [2.45, 2.75) is 57.3 Å². The van der Waals surface area contributed by atoms with Crippen LogP contribution in [0.4, 0.5) is 5.69 Å². The molecule has 0 aromatic heterocycles. The largest absolute Gasteiger partial charge is 0.399 e. The second-order valence-electron chi connectivity index (χ2n) is 6.71. The van der Waals surface area contributed by atoms with Crippen molar-refractivity contribution in [2.75, 3.05) is 5.73 Å². The zero-order valence-electron chi connectivity index (χ0n) is 12.4. The highest BCUT2D eigenvalue weighted by molar-refractivity contribution is 5.95. The van der Waals surface area contributed by atoms with Crippen LogP contribution in [-0.2, 0) is 10.2 Å². The number of nitrogen functional groups attached to an aromatic ring is 1. The van der Waals surface area contributed by atoms with Crippen molar-refractivity contribution >= 4 is 11.5 Å². The van der Waals surface area contributed by atoms with Gasteiger partial charge in [-0.2, -0.15) is 0 Å². The Hall–Kier alpha value is -1.31. The minimum Gasteiger partial charge on any atom is -0.399 e. The first-order valence-corrected chi connectivity index (χ1v) is 8.06. The first-order valence-electron chi connectivity index (χ1n) is 8.06. The molecule has 2 aliphatic carbocycles. The Morgan fingerprint density at radius 2 is 1.95 bits per heavy atom. The number of nitrogens with two attached hydrogens (primary N) is 1. The number of carbonyl (C=O) groups excluding carboxylic acids is 1. The van der Waals surface area contributed by atoms with Gasteiger partial charge in [-0.3, -0.25) is 4.79 Å². The van der Waals surface area contributed by atoms with E-state index in [4.69, 9.17) is 5.73 Å². The minimum atomic E-state index is -0.159. The molecule has 0 saturated heterocycles. The van der Waals surface area contributed by atoms with Gasteiger partial charge in [0.15, 0.2) is 0 Å². The van der Waals surface area contributed by atoms with Gasteiger partial charge < -0.3 is 5.73 Å². The predicted molar refractivity (Wildman–Crippen MR) is 82.5 cm³/mol. The molecule has 2 heteroatoms. The smallest absolute Gasteiger partial charge is 0.146 e. The van der Waals surface area contributed by atoms with Gasteiger partial charge in [0.2, 0.25) is 0 Å². The van der Waals surface area contributed by atoms with Crippen molar-refractivity contribution < 1.29 is 4.79 Å². The average Bonchev–Trinajstić information content (AvgIpc) is 3.29. The number of carbonyl (C=O) groups is 1. The number of anilines is 1. The lowest BCUT2D eigenvalue weighted by molar-refractivity contribution is -0.126. The van der Waals surface area contributed by atoms with Gasteiger partial charge in [0.25, 0.3) is 0 Å². The predicted octanol–water partition coefficient (Wildman–Crippen LogP) is 4.09. The summed E-state index contributed by atoms with van der Waals surface area (Å²) in [6.07, 6.45) is 8.05. The number of benzene rings is 1. The molecule has 1 aromatic carbocycles. The Labute approximate surface area is 121 Å². The molecule has 1 aromatic rings. The number of Topliss-reactive ketones (excluding diaryl/α,β-unsaturated/α-hetero) is 1. The van der Waals surface area contributed by atoms with Crippen molar-refractivity contribution in [2.24, 2.45) is 11.8 Å². The molecule has 20 heavy (non-hydrogen) atoms. The van der Waals surface area contributed by atoms with Crippen LogP contribution < -0.4 is 5.73 Å². The molecule has 2 fully saturated rings. The normalized spacial score (nSPS) is 28.1. The summed E-state index contributed by atoms with van der Waals surface area (Å²) >= 11 is 0. The second-order valence-corrected chi connectivity index (χ2v) is 6.71. The SMILES string of the molecule is CCC1CCCC(C(=O)C2(c3ccc(N)cc3)CC2)C1. The van der Waals surface area contributed by atoms with E-state index in [0.717, 1.165) is 37.3 Å². The van der Waals surface area contributed by atoms with Crippen molar-refractivity contribution in [1.29, 1.82) is 0 Å². The molecular formula is C18H25NO. The fraction of sp³-hybridized carbons (Fsp3) is 0.611. The lowest BCUT2D eigenvalue weighted by Crippen LogP contribution is -2.31. The van der Waals surface area contributed by atoms with Crippen LogP contribution in [-0.4, -0.2) is 5.78 Å². The van der Waals surface area contributed by atoms with E-state index in [0.29, 0.717) is 11.7 Å². The van der Waals surface area contributed by atoms with Gasteiger partial charge in [0.1, 0.15) is 5.78 Å². The van der Waals surface area contributed by atoms with Gasteiger partial charge in [0.05, 0.1) is 5.41 Å². The molecule has 2 unspecified atom stereocenters. The van der Waals surface area contributed by atoms with Gasteiger partial charge >= 0.3 is 0 Å². The lowest BCUT2D eigenvalue weighted by atomic mass is 9.73. The number of hydrogen-bond acceptors (Lipinski definition) is 2. The van der Waals surface area contributed by atoms with E-state index in [-0.39, 0.29) is 5.41 Å². The summed E-state index contributed by atoms with van der Waals surface area (Å²) in [5, 5.41) is 0. The van der Waals surface area contributed by atoms with Crippen LogP contribution in [0.3, 0.4) is 0 Å². The van der Waals surface area contributed by atoms with Gasteiger partial charge in [-0.05, 0) is 49.3 Å². The highest BCUT2D eigenvalue weighted by Gasteiger charge is 2.53. The van der Waals surface area contributed by atoms with E-state index in [1.807, 2.05) is 12.1 Å². The minimum absolute atomic E-state index is 0.159. The van der Waals surface area contributed by atoms with Gasteiger partial charge in [-0.15, -0.1) is 0 Å². The van der Waals surface area contributed by atoms with E-state index in [1.165, 1.54) is 24.8 Å². The fourth-order valence-corrected chi connectivity index (χ4v) is 3.90. The molecule has 2 nitrogen and oxygen atoms in total. The van der Waals surface area contributed by atoms with E-state index in [2.05, 4.69) is 19.1 Å². The first kappa shape index (κ1) is 13.7. The molecular weight excluding hydrogens is 246 g/mol. The third-order valence-corrected chi connectivity index (χ3v) is 5.42. The van der Waals surface area contributed by atoms with E-state index >= 15 is 0 Å². The number of rotatable bonds is 4. The maximum atomic E-state index is 13.0. The summed E-state index contributed by atoms with van der Waals surface area (Å²) in [5.41, 5.74) is 7.57. The Balaban J connectivity index is 1.77. The molecule has 2 atom stereocenters. The van der Waals surface area contributed by atoms with Crippen LogP contribution in [0.15, 0.2) is 24.3 Å². The highest BCUT2D eigenvalue weighted by atomic mass is 16.1. The molecule has 0 radical (unpaired) electrons. The van der Waals surface area contributed by atoms with Crippen molar-refractivity contribution in [3.63, 3.8) is 0 Å². The highest BCUT2D eigenvalue weighted by Crippen LogP contribution is 2.52. The third-order valence-electron chi connectivity index (χ3n) is 5.42. The van der Waals surface area contributed by atoms with Gasteiger partial charge in [-0.1, -0.05) is 38.3 Å². The molecule has 2 saturated carbocycles. The van der Waals surface area contributed by atoms with Crippen molar-refractivity contribution in [3.05, 3.63) is 29.8 Å². The van der Waals surface area contributed by atoms with Gasteiger partial charge in [-0.25, -0.2) is 0 Å². The monoisotopic (exact) mass is 271 g/mol. The quantitative estimate of drug-likeness (QED) is 0.838. The van der Waals surface area contributed by atoms with Gasteiger partial charge in [0, 0.05) is 11.6 Å². The molecule has 0 aliphatic heterocycles. The maximum Gasteiger partial charge on any atom is 0.146 e. The molecule has 0 heterocycles. The Kier molecular flexibility index (Phi) is 3.57. The molecule has 0 bridgehead atoms. The molecule has 0 amide bonds. The number of ketones is 1. The molecule has 2 aliphatic rings. The summed E-state index contributed by atoms with van der Waals surface area (Å²) in [6, 6.07) is 7.97. The van der Waals surface area contributed by atoms with Crippen LogP contribution >= 0.6 is 0 Å². The first-order chi connectivity index (χ1) is 9.65. The number of hydrogen-bond donors (Lipinski definition) is 1. The summed E-state index contributed by atoms with van der Waals surface area (Å²) < 4.78 is 0. The summed E-state index contributed by atoms with van der Waals surface area (Å²) in [7, 11) is 0. The zero-order chi connectivity index (χ0) is 14.2. The maximum absolute atomic E-state index is 13.0. The summed E-state index contributed by atoms with van der Waals surface area (Å²) in [5.74, 6) is 1.58. The summed E-state index contributed by atoms with van der Waals surface area (Å²) in [4.78, 5) is 13.0. The molecule has 108 valence electrons. The van der Waals surface area contributed by atoms with E-state index in [9.17, 15) is 4.79 Å². The Morgan fingerprint density at radius 1 is 1.25 bits per heavy atom. The van der Waals surface area contributed by atoms with Crippen LogP contribution in [0.2, 0.25) is 0 Å². The van der Waals surface area contributed by atoms with Crippen LogP contribution in [0.25, 0.3) is 0 Å². The fourth-order valence-electron chi connectivity index (χ4n) is 3.90. The van der Waals surface area contributed by atoms with E-state index < -0.39 is 0 Å². The molecule has 0 spiro atoms. The third kappa shape index (κ3) is 2.36. The standard InChI is InChI=1S/C18H25NO/c1-2-13-4-3-5-14(12-13)17(20)18(10-11-18)15-6-8-16(19)9-7-15/h6-9,13-14H,2-5,10-12,19H2,1H3. The van der Waals surface area contributed by atoms with E-state index in [1.54, 1.807) is 0 Å². The zero-order valence-corrected chi connectivity index (χ0v) is 12.4. The molecule has 3 rings (SSSR count). The Morgan fingerprint density at radius 3 is 2.55 bits per heavy atom. The van der Waals surface area contributed by atoms with Crippen LogP contribution in [0, 0.1) is 11.8 Å². The van der Waals surface area contributed by atoms with Crippen molar-refractivity contribution in [1.82, 2.24) is 0 Å². The second kappa shape index (κ2) is 5.23. The topological polar surface area (TPSA) is 43.1 Å².